The Hall–Kier alpha value is -3.44. The summed E-state index contributed by atoms with van der Waals surface area (Å²) in [5.74, 6) is -1.45. The number of esters is 1. The lowest BCUT2D eigenvalue weighted by molar-refractivity contribution is -0.142. The minimum Gasteiger partial charge on any atom is -0.488 e. The summed E-state index contributed by atoms with van der Waals surface area (Å²) in [6.45, 7) is 9.43. The number of halogens is 2. The summed E-state index contributed by atoms with van der Waals surface area (Å²) < 4.78 is 16.4. The lowest BCUT2D eigenvalue weighted by Gasteiger charge is -2.33. The summed E-state index contributed by atoms with van der Waals surface area (Å²) in [6, 6.07) is 3.61. The molecule has 11 nitrogen and oxygen atoms in total. The number of carbonyl (C=O) groups excluding carboxylic acids is 4. The van der Waals surface area contributed by atoms with Crippen LogP contribution in [0.3, 0.4) is 0 Å². The SMILES string of the molecule is COC(=O)[C@@H](C)NC(=O)c1ccc(NC(=O)c2[nH]c(C)c(Cl)c2Cl)c(OC2CCN(C(=O)OC(C)(C)C)CC2)c1. The molecule has 13 heteroatoms. The number of rotatable bonds is 7. The van der Waals surface area contributed by atoms with Crippen LogP contribution < -0.4 is 15.4 Å². The number of aromatic amines is 1. The van der Waals surface area contributed by atoms with Crippen LogP contribution in [0.1, 0.15) is 67.1 Å². The molecular formula is C27H34Cl2N4O7. The summed E-state index contributed by atoms with van der Waals surface area (Å²) in [5.41, 5.74) is 0.504. The van der Waals surface area contributed by atoms with E-state index in [4.69, 9.17) is 32.7 Å². The third kappa shape index (κ3) is 7.82. The van der Waals surface area contributed by atoms with Gasteiger partial charge in [-0.2, -0.15) is 0 Å². The van der Waals surface area contributed by atoms with E-state index in [0.29, 0.717) is 31.6 Å². The van der Waals surface area contributed by atoms with Crippen molar-refractivity contribution in [3.8, 4) is 5.75 Å². The average Bonchev–Trinajstić information content (AvgIpc) is 3.15. The Morgan fingerprint density at radius 2 is 1.73 bits per heavy atom. The zero-order chi connectivity index (χ0) is 29.8. The van der Waals surface area contributed by atoms with E-state index in [2.05, 4.69) is 20.4 Å². The van der Waals surface area contributed by atoms with Gasteiger partial charge in [0.25, 0.3) is 11.8 Å². The highest BCUT2D eigenvalue weighted by molar-refractivity contribution is 6.44. The van der Waals surface area contributed by atoms with E-state index in [0.717, 1.165) is 0 Å². The number of anilines is 1. The smallest absolute Gasteiger partial charge is 0.410 e. The lowest BCUT2D eigenvalue weighted by Crippen LogP contribution is -2.44. The van der Waals surface area contributed by atoms with E-state index in [1.54, 1.807) is 32.6 Å². The number of nitrogens with zero attached hydrogens (tertiary/aromatic N) is 1. The zero-order valence-corrected chi connectivity index (χ0v) is 24.8. The Kier molecular flexibility index (Phi) is 9.96. The molecule has 1 aliphatic rings. The van der Waals surface area contributed by atoms with Gasteiger partial charge in [-0.25, -0.2) is 9.59 Å². The number of amides is 3. The quantitative estimate of drug-likeness (QED) is 0.384. The Bertz CT molecular complexity index is 1280. The molecule has 0 aliphatic carbocycles. The van der Waals surface area contributed by atoms with Gasteiger partial charge in [0.2, 0.25) is 0 Å². The Labute approximate surface area is 242 Å². The minimum absolute atomic E-state index is 0.0782. The van der Waals surface area contributed by atoms with Gasteiger partial charge in [0.05, 0.1) is 22.8 Å². The first kappa shape index (κ1) is 31.1. The van der Waals surface area contributed by atoms with Crippen molar-refractivity contribution >= 4 is 52.8 Å². The lowest BCUT2D eigenvalue weighted by atomic mass is 10.1. The summed E-state index contributed by atoms with van der Waals surface area (Å²) in [4.78, 5) is 54.5. The monoisotopic (exact) mass is 596 g/mol. The average molecular weight is 597 g/mol. The van der Waals surface area contributed by atoms with Gasteiger partial charge in [0.15, 0.2) is 0 Å². The molecule has 1 saturated heterocycles. The van der Waals surface area contributed by atoms with Gasteiger partial charge in [-0.3, -0.25) is 9.59 Å². The molecule has 2 heterocycles. The standard InChI is InChI=1S/C27H34Cl2N4O7/c1-14-20(28)21(29)22(30-14)24(35)32-18-8-7-16(23(34)31-15(2)25(36)38-6)13-19(18)39-17-9-11-33(12-10-17)26(37)40-27(3,4)5/h7-8,13,15,17,30H,9-12H2,1-6H3,(H,31,34)(H,32,35)/t15-/m1/s1. The van der Waals surface area contributed by atoms with Crippen LogP contribution in [-0.4, -0.2) is 71.7 Å². The summed E-state index contributed by atoms with van der Waals surface area (Å²) in [7, 11) is 1.23. The van der Waals surface area contributed by atoms with Crippen molar-refractivity contribution in [2.75, 3.05) is 25.5 Å². The molecule has 3 N–H and O–H groups in total. The van der Waals surface area contributed by atoms with Crippen LogP contribution in [0.2, 0.25) is 10.0 Å². The van der Waals surface area contributed by atoms with Crippen molar-refractivity contribution in [1.29, 1.82) is 0 Å². The highest BCUT2D eigenvalue weighted by Crippen LogP contribution is 2.33. The third-order valence-corrected chi connectivity index (χ3v) is 7.01. The summed E-state index contributed by atoms with van der Waals surface area (Å²) in [5, 5.41) is 5.65. The number of aryl methyl sites for hydroxylation is 1. The number of methoxy groups -OCH3 is 1. The maximum atomic E-state index is 13.0. The van der Waals surface area contributed by atoms with Crippen molar-refractivity contribution in [2.45, 2.75) is 65.2 Å². The van der Waals surface area contributed by atoms with Crippen LogP contribution >= 0.6 is 23.2 Å². The molecule has 1 aliphatic heterocycles. The molecule has 3 amide bonds. The van der Waals surface area contributed by atoms with E-state index >= 15 is 0 Å². The number of benzene rings is 1. The molecule has 0 unspecified atom stereocenters. The largest absolute Gasteiger partial charge is 0.488 e. The molecule has 218 valence electrons. The first-order valence-electron chi connectivity index (χ1n) is 12.7. The number of ether oxygens (including phenoxy) is 3. The fraction of sp³-hybridized carbons (Fsp3) is 0.481. The molecule has 40 heavy (non-hydrogen) atoms. The number of hydrogen-bond acceptors (Lipinski definition) is 7. The van der Waals surface area contributed by atoms with Crippen LogP contribution in [0.15, 0.2) is 18.2 Å². The van der Waals surface area contributed by atoms with Crippen molar-refractivity contribution < 1.29 is 33.4 Å². The number of piperidine rings is 1. The maximum absolute atomic E-state index is 13.0. The molecule has 0 radical (unpaired) electrons. The number of likely N-dealkylation sites (tertiary alicyclic amines) is 1. The summed E-state index contributed by atoms with van der Waals surface area (Å²) in [6.07, 6.45) is 0.292. The maximum Gasteiger partial charge on any atom is 0.410 e. The summed E-state index contributed by atoms with van der Waals surface area (Å²) >= 11 is 12.3. The minimum atomic E-state index is -0.874. The van der Waals surface area contributed by atoms with Crippen molar-refractivity contribution in [1.82, 2.24) is 15.2 Å². The molecule has 1 aromatic heterocycles. The zero-order valence-electron chi connectivity index (χ0n) is 23.3. The van der Waals surface area contributed by atoms with Gasteiger partial charge in [0, 0.05) is 37.2 Å². The molecule has 0 saturated carbocycles. The topological polar surface area (TPSA) is 139 Å². The fourth-order valence-electron chi connectivity index (χ4n) is 3.96. The van der Waals surface area contributed by atoms with Crippen molar-refractivity contribution in [3.05, 3.63) is 45.2 Å². The number of hydrogen-bond donors (Lipinski definition) is 3. The van der Waals surface area contributed by atoms with E-state index in [1.165, 1.54) is 32.2 Å². The highest BCUT2D eigenvalue weighted by Gasteiger charge is 2.29. The molecule has 1 fully saturated rings. The molecule has 1 atom stereocenters. The molecule has 2 aromatic rings. The van der Waals surface area contributed by atoms with Crippen molar-refractivity contribution in [3.63, 3.8) is 0 Å². The van der Waals surface area contributed by atoms with Gasteiger partial charge in [-0.1, -0.05) is 23.2 Å². The molecular weight excluding hydrogens is 563 g/mol. The van der Waals surface area contributed by atoms with Crippen LogP contribution in [-0.2, 0) is 14.3 Å². The molecule has 3 rings (SSSR count). The van der Waals surface area contributed by atoms with E-state index < -0.39 is 35.5 Å². The number of nitrogens with one attached hydrogen (secondary N) is 3. The van der Waals surface area contributed by atoms with Gasteiger partial charge < -0.3 is 34.7 Å². The third-order valence-electron chi connectivity index (χ3n) is 6.06. The number of carbonyl (C=O) groups is 4. The Balaban J connectivity index is 1.81. The second-order valence-electron chi connectivity index (χ2n) is 10.4. The second-order valence-corrected chi connectivity index (χ2v) is 11.2. The molecule has 0 spiro atoms. The van der Waals surface area contributed by atoms with Crippen LogP contribution in [0.5, 0.6) is 5.75 Å². The van der Waals surface area contributed by atoms with Gasteiger partial charge in [-0.15, -0.1) is 0 Å². The highest BCUT2D eigenvalue weighted by atomic mass is 35.5. The first-order chi connectivity index (χ1) is 18.7. The van der Waals surface area contributed by atoms with Gasteiger partial charge in [-0.05, 0) is 52.8 Å². The van der Waals surface area contributed by atoms with Crippen LogP contribution in [0.25, 0.3) is 0 Å². The van der Waals surface area contributed by atoms with E-state index in [1.807, 2.05) is 0 Å². The van der Waals surface area contributed by atoms with Crippen molar-refractivity contribution in [2.24, 2.45) is 0 Å². The fourth-order valence-corrected chi connectivity index (χ4v) is 4.37. The van der Waals surface area contributed by atoms with E-state index in [9.17, 15) is 19.2 Å². The normalized spacial score (nSPS) is 14.8. The predicted octanol–water partition coefficient (Wildman–Crippen LogP) is 4.95. The van der Waals surface area contributed by atoms with Gasteiger partial charge >= 0.3 is 12.1 Å². The number of H-pyrrole nitrogens is 1. The van der Waals surface area contributed by atoms with Crippen LogP contribution in [0.4, 0.5) is 10.5 Å². The Morgan fingerprint density at radius 1 is 1.07 bits per heavy atom. The first-order valence-corrected chi connectivity index (χ1v) is 13.5. The molecule has 0 bridgehead atoms. The second kappa shape index (κ2) is 12.8. The van der Waals surface area contributed by atoms with Crippen LogP contribution in [0, 0.1) is 6.92 Å². The van der Waals surface area contributed by atoms with Gasteiger partial charge in [0.1, 0.15) is 29.2 Å². The molecule has 1 aromatic carbocycles. The van der Waals surface area contributed by atoms with E-state index in [-0.39, 0.29) is 38.8 Å². The Morgan fingerprint density at radius 3 is 2.27 bits per heavy atom. The number of aromatic nitrogens is 1. The predicted molar refractivity (Wildman–Crippen MR) is 150 cm³/mol.